The fraction of sp³-hybridized carbons (Fsp3) is 0.625. The Hall–Kier alpha value is -1.26. The number of ether oxygens (including phenoxy) is 2. The zero-order valence-electron chi connectivity index (χ0n) is 13.4. The van der Waals surface area contributed by atoms with Crippen LogP contribution in [0.25, 0.3) is 0 Å². The quantitative estimate of drug-likeness (QED) is 0.842. The van der Waals surface area contributed by atoms with Gasteiger partial charge in [0.2, 0.25) is 0 Å². The van der Waals surface area contributed by atoms with Gasteiger partial charge in [-0.2, -0.15) is 0 Å². The number of hydrogen-bond acceptors (Lipinski definition) is 4. The first-order valence-corrected chi connectivity index (χ1v) is 6.89. The second-order valence-electron chi connectivity index (χ2n) is 6.30. The lowest BCUT2D eigenvalue weighted by Crippen LogP contribution is -2.39. The van der Waals surface area contributed by atoms with Crippen molar-refractivity contribution in [2.24, 2.45) is 0 Å². The molecule has 0 aromatic heterocycles. The van der Waals surface area contributed by atoms with E-state index in [0.717, 1.165) is 12.1 Å². The molecule has 4 heteroatoms. The lowest BCUT2D eigenvalue weighted by molar-refractivity contribution is 0.0459. The lowest BCUT2D eigenvalue weighted by atomic mass is 9.91. The van der Waals surface area contributed by atoms with E-state index in [9.17, 15) is 5.11 Å². The topological polar surface area (TPSA) is 50.7 Å². The van der Waals surface area contributed by atoms with Crippen molar-refractivity contribution in [1.29, 1.82) is 0 Å². The maximum Gasteiger partial charge on any atom is 0.122 e. The van der Waals surface area contributed by atoms with Gasteiger partial charge in [0, 0.05) is 11.6 Å². The molecule has 0 amide bonds. The molecule has 0 heterocycles. The number of rotatable bonds is 6. The van der Waals surface area contributed by atoms with E-state index in [1.165, 1.54) is 0 Å². The van der Waals surface area contributed by atoms with Crippen LogP contribution in [-0.4, -0.2) is 31.4 Å². The van der Waals surface area contributed by atoms with E-state index in [0.29, 0.717) is 17.9 Å². The highest BCUT2D eigenvalue weighted by Gasteiger charge is 2.25. The summed E-state index contributed by atoms with van der Waals surface area (Å²) in [6.45, 7) is 8.87. The largest absolute Gasteiger partial charge is 0.497 e. The van der Waals surface area contributed by atoms with Crippen LogP contribution in [0.2, 0.25) is 0 Å². The zero-order valence-corrected chi connectivity index (χ0v) is 13.4. The smallest absolute Gasteiger partial charge is 0.122 e. The van der Waals surface area contributed by atoms with E-state index in [1.807, 2.05) is 19.1 Å². The molecule has 0 aliphatic heterocycles. The number of hydrogen-bond donors (Lipinski definition) is 2. The van der Waals surface area contributed by atoms with Crippen LogP contribution in [0.15, 0.2) is 18.2 Å². The summed E-state index contributed by atoms with van der Waals surface area (Å²) in [5, 5.41) is 14.1. The van der Waals surface area contributed by atoms with Gasteiger partial charge in [-0.3, -0.25) is 0 Å². The molecule has 20 heavy (non-hydrogen) atoms. The van der Waals surface area contributed by atoms with Crippen LogP contribution in [0.3, 0.4) is 0 Å². The van der Waals surface area contributed by atoms with Crippen LogP contribution in [0.1, 0.15) is 39.7 Å². The lowest BCUT2D eigenvalue weighted by Gasteiger charge is -2.28. The highest BCUT2D eigenvalue weighted by atomic mass is 16.5. The van der Waals surface area contributed by atoms with Crippen molar-refractivity contribution in [3.63, 3.8) is 0 Å². The minimum atomic E-state index is -0.930. The van der Waals surface area contributed by atoms with E-state index in [-0.39, 0.29) is 5.54 Å². The van der Waals surface area contributed by atoms with E-state index < -0.39 is 5.60 Å². The van der Waals surface area contributed by atoms with Crippen LogP contribution in [0, 0.1) is 0 Å². The molecule has 0 spiro atoms. The predicted molar refractivity (Wildman–Crippen MR) is 81.5 cm³/mol. The maximum absolute atomic E-state index is 10.7. The average Bonchev–Trinajstić information content (AvgIpc) is 2.36. The normalized spacial score (nSPS) is 14.8. The van der Waals surface area contributed by atoms with Gasteiger partial charge in [-0.15, -0.1) is 0 Å². The second-order valence-corrected chi connectivity index (χ2v) is 6.30. The van der Waals surface area contributed by atoms with Crippen LogP contribution < -0.4 is 14.8 Å². The Morgan fingerprint density at radius 1 is 1.00 bits per heavy atom. The second kappa shape index (κ2) is 6.46. The van der Waals surface area contributed by atoms with Gasteiger partial charge in [-0.1, -0.05) is 0 Å². The molecular weight excluding hydrogens is 254 g/mol. The third-order valence-corrected chi connectivity index (χ3v) is 3.24. The van der Waals surface area contributed by atoms with Gasteiger partial charge in [0.1, 0.15) is 11.5 Å². The van der Waals surface area contributed by atoms with Crippen molar-refractivity contribution in [3.05, 3.63) is 23.8 Å². The number of nitrogens with one attached hydrogen (secondary N) is 1. The van der Waals surface area contributed by atoms with Crippen LogP contribution in [0.5, 0.6) is 11.5 Å². The molecule has 1 rings (SSSR count). The van der Waals surface area contributed by atoms with Gasteiger partial charge in [-0.25, -0.2) is 0 Å². The summed E-state index contributed by atoms with van der Waals surface area (Å²) in [5.41, 5.74) is -0.0909. The van der Waals surface area contributed by atoms with Gasteiger partial charge < -0.3 is 19.9 Å². The molecule has 2 N–H and O–H groups in total. The fourth-order valence-corrected chi connectivity index (χ4v) is 1.94. The van der Waals surface area contributed by atoms with Gasteiger partial charge in [-0.05, 0) is 58.4 Å². The maximum atomic E-state index is 10.7. The Morgan fingerprint density at radius 2 is 1.50 bits per heavy atom. The Balaban J connectivity index is 2.85. The number of methoxy groups -OCH3 is 2. The van der Waals surface area contributed by atoms with E-state index in [1.54, 1.807) is 20.3 Å². The molecule has 1 aromatic rings. The third-order valence-electron chi connectivity index (χ3n) is 3.24. The molecule has 0 saturated carbocycles. The Bertz CT molecular complexity index is 414. The van der Waals surface area contributed by atoms with Crippen LogP contribution in [-0.2, 0) is 5.60 Å². The summed E-state index contributed by atoms with van der Waals surface area (Å²) < 4.78 is 10.5. The van der Waals surface area contributed by atoms with Crippen molar-refractivity contribution >= 4 is 0 Å². The van der Waals surface area contributed by atoms with Crippen molar-refractivity contribution in [2.75, 3.05) is 20.8 Å². The first-order chi connectivity index (χ1) is 9.18. The van der Waals surface area contributed by atoms with Gasteiger partial charge in [0.15, 0.2) is 0 Å². The summed E-state index contributed by atoms with van der Waals surface area (Å²) in [4.78, 5) is 0. The summed E-state index contributed by atoms with van der Waals surface area (Å²) in [6, 6.07) is 5.49. The van der Waals surface area contributed by atoms with Crippen LogP contribution >= 0.6 is 0 Å². The SMILES string of the molecule is COc1cc(OC)cc(C(C)(O)CCNC(C)(C)C)c1. The van der Waals surface area contributed by atoms with Gasteiger partial charge in [0.25, 0.3) is 0 Å². The summed E-state index contributed by atoms with van der Waals surface area (Å²) in [7, 11) is 3.21. The Labute approximate surface area is 122 Å². The number of aliphatic hydroxyl groups is 1. The monoisotopic (exact) mass is 281 g/mol. The Kier molecular flexibility index (Phi) is 5.42. The van der Waals surface area contributed by atoms with Crippen molar-refractivity contribution < 1.29 is 14.6 Å². The molecule has 0 bridgehead atoms. The average molecular weight is 281 g/mol. The van der Waals surface area contributed by atoms with Crippen LogP contribution in [0.4, 0.5) is 0 Å². The molecule has 0 aliphatic carbocycles. The number of benzene rings is 1. The van der Waals surface area contributed by atoms with Crippen molar-refractivity contribution in [1.82, 2.24) is 5.32 Å². The molecule has 1 unspecified atom stereocenters. The molecule has 0 radical (unpaired) electrons. The van der Waals surface area contributed by atoms with E-state index in [2.05, 4.69) is 26.1 Å². The molecule has 1 atom stereocenters. The zero-order chi connectivity index (χ0) is 15.4. The molecular formula is C16H27NO3. The molecule has 0 fully saturated rings. The first kappa shape index (κ1) is 16.8. The summed E-state index contributed by atoms with van der Waals surface area (Å²) in [6.07, 6.45) is 0.612. The predicted octanol–water partition coefficient (Wildman–Crippen LogP) is 2.69. The molecule has 114 valence electrons. The molecule has 0 saturated heterocycles. The standard InChI is InChI=1S/C16H27NO3/c1-15(2,3)17-8-7-16(4,18)12-9-13(19-5)11-14(10-12)20-6/h9-11,17-18H,7-8H2,1-6H3. The third kappa shape index (κ3) is 5.02. The molecule has 0 aliphatic rings. The van der Waals surface area contributed by atoms with E-state index in [4.69, 9.17) is 9.47 Å². The highest BCUT2D eigenvalue weighted by Crippen LogP contribution is 2.31. The molecule has 1 aromatic carbocycles. The summed E-state index contributed by atoms with van der Waals surface area (Å²) in [5.74, 6) is 1.37. The minimum absolute atomic E-state index is 0.0438. The van der Waals surface area contributed by atoms with Gasteiger partial charge >= 0.3 is 0 Å². The first-order valence-electron chi connectivity index (χ1n) is 6.89. The fourth-order valence-electron chi connectivity index (χ4n) is 1.94. The van der Waals surface area contributed by atoms with Gasteiger partial charge in [0.05, 0.1) is 19.8 Å². The van der Waals surface area contributed by atoms with Crippen molar-refractivity contribution in [2.45, 2.75) is 45.3 Å². The minimum Gasteiger partial charge on any atom is -0.497 e. The van der Waals surface area contributed by atoms with Crippen molar-refractivity contribution in [3.8, 4) is 11.5 Å². The molecule has 4 nitrogen and oxygen atoms in total. The van der Waals surface area contributed by atoms with E-state index >= 15 is 0 Å². The summed E-state index contributed by atoms with van der Waals surface area (Å²) >= 11 is 0. The highest BCUT2D eigenvalue weighted by molar-refractivity contribution is 5.40. The Morgan fingerprint density at radius 3 is 1.90 bits per heavy atom.